The molecule has 4 nitrogen and oxygen atoms in total. The number of aromatic nitrogens is 1. The lowest BCUT2D eigenvalue weighted by atomic mass is 9.93. The van der Waals surface area contributed by atoms with Crippen LogP contribution in [-0.2, 0) is 0 Å². The van der Waals surface area contributed by atoms with Crippen LogP contribution in [0, 0.1) is 6.92 Å². The first-order chi connectivity index (χ1) is 11.6. The summed E-state index contributed by atoms with van der Waals surface area (Å²) >= 11 is 1.49. The van der Waals surface area contributed by atoms with E-state index < -0.39 is 6.10 Å². The molecule has 3 rings (SSSR count). The number of rotatable bonds is 5. The zero-order chi connectivity index (χ0) is 16.9. The normalized spacial score (nSPS) is 16.8. The van der Waals surface area contributed by atoms with Crippen molar-refractivity contribution >= 4 is 17.2 Å². The van der Waals surface area contributed by atoms with E-state index >= 15 is 0 Å². The van der Waals surface area contributed by atoms with Gasteiger partial charge in [-0.25, -0.2) is 4.98 Å². The van der Waals surface area contributed by atoms with Gasteiger partial charge in [-0.3, -0.25) is 4.79 Å². The average molecular weight is 344 g/mol. The van der Waals surface area contributed by atoms with E-state index in [4.69, 9.17) is 0 Å². The fraction of sp³-hybridized carbons (Fsp3) is 0.474. The summed E-state index contributed by atoms with van der Waals surface area (Å²) in [7, 11) is 0. The Bertz CT molecular complexity index is 665. The Hall–Kier alpha value is -1.72. The minimum Gasteiger partial charge on any atom is -0.387 e. The van der Waals surface area contributed by atoms with Gasteiger partial charge >= 0.3 is 0 Å². The molecule has 0 unspecified atom stereocenters. The Labute approximate surface area is 147 Å². The van der Waals surface area contributed by atoms with E-state index in [0.29, 0.717) is 12.2 Å². The van der Waals surface area contributed by atoms with E-state index in [1.807, 2.05) is 47.5 Å². The van der Waals surface area contributed by atoms with Crippen LogP contribution in [0.3, 0.4) is 0 Å². The van der Waals surface area contributed by atoms with Crippen LogP contribution in [-0.4, -0.2) is 33.5 Å². The first-order valence-electron chi connectivity index (χ1n) is 8.61. The monoisotopic (exact) mass is 344 g/mol. The molecule has 0 radical (unpaired) electrons. The Morgan fingerprint density at radius 3 is 2.62 bits per heavy atom. The molecule has 1 heterocycles. The van der Waals surface area contributed by atoms with Gasteiger partial charge in [-0.05, 0) is 25.3 Å². The van der Waals surface area contributed by atoms with Crippen molar-refractivity contribution < 1.29 is 9.90 Å². The third-order valence-electron chi connectivity index (χ3n) is 4.67. The second-order valence-corrected chi connectivity index (χ2v) is 7.49. The highest BCUT2D eigenvalue weighted by Gasteiger charge is 2.29. The standard InChI is InChI=1S/C19H24N2O2S/c1-14-20-17(13-24-14)19(23)21(16-10-6-3-7-11-16)12-18(22)15-8-4-2-5-9-15/h2,4-5,8-9,13,16,18,22H,3,6-7,10-12H2,1H3/t18-/m1/s1. The van der Waals surface area contributed by atoms with Crippen molar-refractivity contribution in [2.75, 3.05) is 6.54 Å². The summed E-state index contributed by atoms with van der Waals surface area (Å²) in [6, 6.07) is 9.76. The third-order valence-corrected chi connectivity index (χ3v) is 5.44. The van der Waals surface area contributed by atoms with Gasteiger partial charge in [0.2, 0.25) is 0 Å². The van der Waals surface area contributed by atoms with Gasteiger partial charge in [-0.1, -0.05) is 49.6 Å². The molecular formula is C19H24N2O2S. The van der Waals surface area contributed by atoms with Crippen molar-refractivity contribution in [2.45, 2.75) is 51.2 Å². The van der Waals surface area contributed by atoms with Gasteiger partial charge in [-0.2, -0.15) is 0 Å². The maximum absolute atomic E-state index is 13.0. The molecule has 2 aromatic rings. The van der Waals surface area contributed by atoms with Crippen molar-refractivity contribution in [3.8, 4) is 0 Å². The number of hydrogen-bond acceptors (Lipinski definition) is 4. The van der Waals surface area contributed by atoms with Crippen LogP contribution in [0.5, 0.6) is 0 Å². The number of benzene rings is 1. The summed E-state index contributed by atoms with van der Waals surface area (Å²) in [6.45, 7) is 2.23. The molecule has 0 saturated heterocycles. The van der Waals surface area contributed by atoms with E-state index in [0.717, 1.165) is 36.3 Å². The lowest BCUT2D eigenvalue weighted by Gasteiger charge is -2.35. The molecule has 0 spiro atoms. The fourth-order valence-corrected chi connectivity index (χ4v) is 3.95. The predicted molar refractivity (Wildman–Crippen MR) is 96.2 cm³/mol. The number of hydrogen-bond donors (Lipinski definition) is 1. The summed E-state index contributed by atoms with van der Waals surface area (Å²) in [5.74, 6) is -0.0544. The molecule has 1 saturated carbocycles. The van der Waals surface area contributed by atoms with Crippen LogP contribution in [0.2, 0.25) is 0 Å². The number of carbonyl (C=O) groups excluding carboxylic acids is 1. The minimum atomic E-state index is -0.670. The number of aliphatic hydroxyl groups is 1. The summed E-state index contributed by atoms with van der Waals surface area (Å²) < 4.78 is 0. The van der Waals surface area contributed by atoms with Crippen molar-refractivity contribution in [1.82, 2.24) is 9.88 Å². The summed E-state index contributed by atoms with van der Waals surface area (Å²) in [6.07, 6.45) is 4.87. The van der Waals surface area contributed by atoms with E-state index in [9.17, 15) is 9.90 Å². The highest BCUT2D eigenvalue weighted by Crippen LogP contribution is 2.26. The lowest BCUT2D eigenvalue weighted by Crippen LogP contribution is -2.44. The van der Waals surface area contributed by atoms with Gasteiger partial charge < -0.3 is 10.0 Å². The second-order valence-electron chi connectivity index (χ2n) is 6.43. The maximum Gasteiger partial charge on any atom is 0.273 e. The van der Waals surface area contributed by atoms with Crippen LogP contribution < -0.4 is 0 Å². The Morgan fingerprint density at radius 2 is 2.00 bits per heavy atom. The minimum absolute atomic E-state index is 0.0544. The molecule has 128 valence electrons. The number of nitrogens with zero attached hydrogens (tertiary/aromatic N) is 2. The molecule has 1 aliphatic rings. The van der Waals surface area contributed by atoms with Gasteiger partial charge in [0.25, 0.3) is 5.91 Å². The van der Waals surface area contributed by atoms with E-state index in [-0.39, 0.29) is 11.9 Å². The topological polar surface area (TPSA) is 53.4 Å². The molecule has 1 aliphatic carbocycles. The SMILES string of the molecule is Cc1nc(C(=O)N(C[C@@H](O)c2ccccc2)C2CCCCC2)cs1. The molecule has 1 aromatic carbocycles. The largest absolute Gasteiger partial charge is 0.387 e. The third kappa shape index (κ3) is 4.02. The van der Waals surface area contributed by atoms with Crippen LogP contribution in [0.4, 0.5) is 0 Å². The van der Waals surface area contributed by atoms with Crippen LogP contribution in [0.25, 0.3) is 0 Å². The molecule has 24 heavy (non-hydrogen) atoms. The van der Waals surface area contributed by atoms with Gasteiger partial charge in [0.1, 0.15) is 5.69 Å². The Morgan fingerprint density at radius 1 is 1.29 bits per heavy atom. The predicted octanol–water partition coefficient (Wildman–Crippen LogP) is 3.96. The fourth-order valence-electron chi connectivity index (χ4n) is 3.37. The van der Waals surface area contributed by atoms with Gasteiger partial charge in [0.05, 0.1) is 17.7 Å². The second kappa shape index (κ2) is 7.90. The van der Waals surface area contributed by atoms with E-state index in [2.05, 4.69) is 4.98 Å². The number of aryl methyl sites for hydroxylation is 1. The van der Waals surface area contributed by atoms with Gasteiger partial charge in [-0.15, -0.1) is 11.3 Å². The molecule has 0 aliphatic heterocycles. The zero-order valence-electron chi connectivity index (χ0n) is 14.0. The molecule has 1 amide bonds. The molecule has 1 N–H and O–H groups in total. The summed E-state index contributed by atoms with van der Waals surface area (Å²) in [5, 5.41) is 13.3. The number of thiazole rings is 1. The first-order valence-corrected chi connectivity index (χ1v) is 9.49. The summed E-state index contributed by atoms with van der Waals surface area (Å²) in [5.41, 5.74) is 1.35. The van der Waals surface area contributed by atoms with E-state index in [1.54, 1.807) is 0 Å². The van der Waals surface area contributed by atoms with Gasteiger partial charge in [0.15, 0.2) is 0 Å². The first kappa shape index (κ1) is 17.1. The average Bonchev–Trinajstić information content (AvgIpc) is 3.07. The number of amides is 1. The Kier molecular flexibility index (Phi) is 5.63. The number of carbonyl (C=O) groups is 1. The molecule has 1 fully saturated rings. The van der Waals surface area contributed by atoms with Crippen LogP contribution in [0.15, 0.2) is 35.7 Å². The van der Waals surface area contributed by atoms with Crippen molar-refractivity contribution in [3.63, 3.8) is 0 Å². The van der Waals surface area contributed by atoms with Gasteiger partial charge in [0, 0.05) is 11.4 Å². The Balaban J connectivity index is 1.80. The highest BCUT2D eigenvalue weighted by atomic mass is 32.1. The van der Waals surface area contributed by atoms with Crippen LogP contribution in [0.1, 0.15) is 59.3 Å². The van der Waals surface area contributed by atoms with Crippen molar-refractivity contribution in [3.05, 3.63) is 52.0 Å². The molecule has 5 heteroatoms. The number of aliphatic hydroxyl groups excluding tert-OH is 1. The van der Waals surface area contributed by atoms with Crippen LogP contribution >= 0.6 is 11.3 Å². The zero-order valence-corrected chi connectivity index (χ0v) is 14.8. The molecule has 0 bridgehead atoms. The lowest BCUT2D eigenvalue weighted by molar-refractivity contribution is 0.0449. The summed E-state index contributed by atoms with van der Waals surface area (Å²) in [4.78, 5) is 19.2. The smallest absolute Gasteiger partial charge is 0.273 e. The quantitative estimate of drug-likeness (QED) is 0.893. The molecule has 1 aromatic heterocycles. The highest BCUT2D eigenvalue weighted by molar-refractivity contribution is 7.09. The van der Waals surface area contributed by atoms with E-state index in [1.165, 1.54) is 17.8 Å². The molecule has 1 atom stereocenters. The van der Waals surface area contributed by atoms with Crippen molar-refractivity contribution in [1.29, 1.82) is 0 Å². The maximum atomic E-state index is 13.0. The van der Waals surface area contributed by atoms with Crippen molar-refractivity contribution in [2.24, 2.45) is 0 Å². The molecular weight excluding hydrogens is 320 g/mol.